The summed E-state index contributed by atoms with van der Waals surface area (Å²) in [6, 6.07) is 24.9. The lowest BCUT2D eigenvalue weighted by molar-refractivity contribution is -0.120. The lowest BCUT2D eigenvalue weighted by Crippen LogP contribution is -2.46. The van der Waals surface area contributed by atoms with Gasteiger partial charge in [0.15, 0.2) is 0 Å². The van der Waals surface area contributed by atoms with Crippen LogP contribution >= 0.6 is 0 Å². The minimum absolute atomic E-state index is 0.00453. The van der Waals surface area contributed by atoms with E-state index in [1.165, 1.54) is 28.9 Å². The van der Waals surface area contributed by atoms with Crippen molar-refractivity contribution in [3.8, 4) is 0 Å². The molecule has 1 amide bonds. The number of nitrogens with one attached hydrogen (secondary N) is 2. The average Bonchev–Trinajstić information content (AvgIpc) is 3.27. The summed E-state index contributed by atoms with van der Waals surface area (Å²) in [6.07, 6.45) is 5.59. The molecule has 3 aromatic rings. The van der Waals surface area contributed by atoms with E-state index in [4.69, 9.17) is 0 Å². The molecule has 0 aromatic heterocycles. The summed E-state index contributed by atoms with van der Waals surface area (Å²) in [5, 5.41) is 6.85. The molecule has 0 atom stereocenters. The minimum Gasteiger partial charge on any atom is -0.371 e. The number of fused-ring (bicyclic) bond motifs is 1. The highest BCUT2D eigenvalue weighted by atomic mass is 19.1. The lowest BCUT2D eigenvalue weighted by atomic mass is 10.0. The molecule has 3 aromatic carbocycles. The van der Waals surface area contributed by atoms with Crippen LogP contribution in [-0.2, 0) is 30.5 Å². The Morgan fingerprint density at radius 2 is 1.57 bits per heavy atom. The van der Waals surface area contributed by atoms with Crippen LogP contribution in [0, 0.1) is 5.82 Å². The predicted octanol–water partition coefficient (Wildman–Crippen LogP) is 4.45. The van der Waals surface area contributed by atoms with Gasteiger partial charge in [0, 0.05) is 37.4 Å². The van der Waals surface area contributed by atoms with Gasteiger partial charge in [0.1, 0.15) is 5.82 Å². The molecule has 0 unspecified atom stereocenters. The third-order valence-corrected chi connectivity index (χ3v) is 7.31. The summed E-state index contributed by atoms with van der Waals surface area (Å²) in [6.45, 7) is 2.62. The van der Waals surface area contributed by atoms with Crippen LogP contribution in [0.4, 0.5) is 10.1 Å². The van der Waals surface area contributed by atoms with E-state index in [0.29, 0.717) is 31.5 Å². The van der Waals surface area contributed by atoms with E-state index in [0.717, 1.165) is 49.9 Å². The van der Waals surface area contributed by atoms with Crippen molar-refractivity contribution < 1.29 is 9.18 Å². The summed E-state index contributed by atoms with van der Waals surface area (Å²) < 4.78 is 13.3. The van der Waals surface area contributed by atoms with E-state index < -0.39 is 0 Å². The number of amides is 1. The number of carbonyl (C=O) groups is 1. The second-order valence-electron chi connectivity index (χ2n) is 9.87. The molecule has 4 nitrogen and oxygen atoms in total. The molecule has 0 spiro atoms. The van der Waals surface area contributed by atoms with Crippen LogP contribution in [0.2, 0.25) is 0 Å². The maximum atomic E-state index is 13.3. The molecule has 35 heavy (non-hydrogen) atoms. The van der Waals surface area contributed by atoms with E-state index in [1.807, 2.05) is 6.07 Å². The minimum atomic E-state index is -0.241. The van der Waals surface area contributed by atoms with Gasteiger partial charge in [0.05, 0.1) is 6.42 Å². The maximum absolute atomic E-state index is 13.3. The van der Waals surface area contributed by atoms with Crippen molar-refractivity contribution in [3.63, 3.8) is 0 Å². The van der Waals surface area contributed by atoms with Gasteiger partial charge in [-0.05, 0) is 78.6 Å². The topological polar surface area (TPSA) is 44.4 Å². The Balaban J connectivity index is 1.03. The number of rotatable bonds is 8. The van der Waals surface area contributed by atoms with E-state index in [-0.39, 0.29) is 11.7 Å². The zero-order valence-corrected chi connectivity index (χ0v) is 20.2. The quantitative estimate of drug-likeness (QED) is 0.510. The van der Waals surface area contributed by atoms with Gasteiger partial charge in [-0.1, -0.05) is 48.5 Å². The van der Waals surface area contributed by atoms with E-state index >= 15 is 0 Å². The average molecular weight is 472 g/mol. The first-order chi connectivity index (χ1) is 17.1. The van der Waals surface area contributed by atoms with Crippen LogP contribution in [0.25, 0.3) is 0 Å². The first-order valence-electron chi connectivity index (χ1n) is 12.8. The first kappa shape index (κ1) is 23.6. The Kier molecular flexibility index (Phi) is 7.43. The van der Waals surface area contributed by atoms with E-state index in [9.17, 15) is 9.18 Å². The fourth-order valence-electron chi connectivity index (χ4n) is 5.43. The van der Waals surface area contributed by atoms with Crippen LogP contribution in [0.1, 0.15) is 35.1 Å². The molecule has 1 fully saturated rings. The molecule has 5 heteroatoms. The highest BCUT2D eigenvalue weighted by molar-refractivity contribution is 5.78. The zero-order valence-electron chi connectivity index (χ0n) is 20.2. The molecule has 2 aliphatic rings. The Labute approximate surface area is 207 Å². The summed E-state index contributed by atoms with van der Waals surface area (Å²) in [4.78, 5) is 14.8. The Hall–Kier alpha value is -3.18. The standard InChI is InChI=1S/C30H34FN3O/c31-26-7-3-4-22(18-26)12-15-32-30(35)19-23-8-10-29(11-9-23)34-16-13-27(14-17-34)33-28-20-24-5-1-2-6-25(24)21-28/h1-11,18,27-28,33H,12-17,19-21H2,(H,32,35). The normalized spacial score (nSPS) is 16.3. The molecular weight excluding hydrogens is 437 g/mol. The monoisotopic (exact) mass is 471 g/mol. The summed E-state index contributed by atoms with van der Waals surface area (Å²) in [7, 11) is 0. The number of halogens is 1. The Bertz CT molecular complexity index is 1110. The second kappa shape index (κ2) is 11.0. The molecule has 2 N–H and O–H groups in total. The van der Waals surface area contributed by atoms with Crippen LogP contribution in [0.3, 0.4) is 0 Å². The van der Waals surface area contributed by atoms with Gasteiger partial charge in [-0.3, -0.25) is 4.79 Å². The fourth-order valence-corrected chi connectivity index (χ4v) is 5.43. The number of piperidine rings is 1. The van der Waals surface area contributed by atoms with Gasteiger partial charge in [-0.2, -0.15) is 0 Å². The molecule has 5 rings (SSSR count). The van der Waals surface area contributed by atoms with Gasteiger partial charge >= 0.3 is 0 Å². The molecule has 1 aliphatic heterocycles. The first-order valence-corrected chi connectivity index (χ1v) is 12.8. The number of hydrogen-bond donors (Lipinski definition) is 2. The molecule has 1 saturated heterocycles. The fraction of sp³-hybridized carbons (Fsp3) is 0.367. The molecular formula is C30H34FN3O. The predicted molar refractivity (Wildman–Crippen MR) is 139 cm³/mol. The van der Waals surface area contributed by atoms with Crippen LogP contribution < -0.4 is 15.5 Å². The number of anilines is 1. The SMILES string of the molecule is O=C(Cc1ccc(N2CCC(NC3Cc4ccccc4C3)CC2)cc1)NCCc1cccc(F)c1. The summed E-state index contributed by atoms with van der Waals surface area (Å²) >= 11 is 0. The Morgan fingerprint density at radius 3 is 2.26 bits per heavy atom. The molecule has 0 radical (unpaired) electrons. The smallest absolute Gasteiger partial charge is 0.224 e. The van der Waals surface area contributed by atoms with Crippen LogP contribution in [-0.4, -0.2) is 37.6 Å². The number of carbonyl (C=O) groups excluding carboxylic acids is 1. The van der Waals surface area contributed by atoms with Gasteiger partial charge in [0.25, 0.3) is 0 Å². The Morgan fingerprint density at radius 1 is 0.857 bits per heavy atom. The van der Waals surface area contributed by atoms with Crippen molar-refractivity contribution in [2.45, 2.75) is 50.6 Å². The molecule has 1 aliphatic carbocycles. The molecule has 0 bridgehead atoms. The van der Waals surface area contributed by atoms with E-state index in [1.54, 1.807) is 6.07 Å². The molecule has 182 valence electrons. The number of hydrogen-bond acceptors (Lipinski definition) is 3. The van der Waals surface area contributed by atoms with Gasteiger partial charge in [0.2, 0.25) is 5.91 Å². The van der Waals surface area contributed by atoms with Crippen molar-refractivity contribution in [2.75, 3.05) is 24.5 Å². The number of benzene rings is 3. The van der Waals surface area contributed by atoms with E-state index in [2.05, 4.69) is 64.1 Å². The summed E-state index contributed by atoms with van der Waals surface area (Å²) in [5.41, 5.74) is 6.13. The van der Waals surface area contributed by atoms with Crippen LogP contribution in [0.5, 0.6) is 0 Å². The van der Waals surface area contributed by atoms with Crippen LogP contribution in [0.15, 0.2) is 72.8 Å². The third-order valence-electron chi connectivity index (χ3n) is 7.31. The van der Waals surface area contributed by atoms with Crippen molar-refractivity contribution in [3.05, 3.63) is 101 Å². The molecule has 0 saturated carbocycles. The van der Waals surface area contributed by atoms with Crippen molar-refractivity contribution in [1.82, 2.24) is 10.6 Å². The third kappa shape index (κ3) is 6.29. The molecule has 1 heterocycles. The zero-order chi connectivity index (χ0) is 24.0. The highest BCUT2D eigenvalue weighted by Gasteiger charge is 2.26. The highest BCUT2D eigenvalue weighted by Crippen LogP contribution is 2.25. The lowest BCUT2D eigenvalue weighted by Gasteiger charge is -2.35. The van der Waals surface area contributed by atoms with Gasteiger partial charge in [-0.15, -0.1) is 0 Å². The largest absolute Gasteiger partial charge is 0.371 e. The van der Waals surface area contributed by atoms with Crippen molar-refractivity contribution >= 4 is 11.6 Å². The van der Waals surface area contributed by atoms with Crippen molar-refractivity contribution in [2.24, 2.45) is 0 Å². The second-order valence-corrected chi connectivity index (χ2v) is 9.87. The maximum Gasteiger partial charge on any atom is 0.224 e. The number of nitrogens with zero attached hydrogens (tertiary/aromatic N) is 1. The van der Waals surface area contributed by atoms with Gasteiger partial charge in [-0.25, -0.2) is 4.39 Å². The van der Waals surface area contributed by atoms with Gasteiger partial charge < -0.3 is 15.5 Å². The summed E-state index contributed by atoms with van der Waals surface area (Å²) in [5.74, 6) is -0.246. The van der Waals surface area contributed by atoms with Crippen molar-refractivity contribution in [1.29, 1.82) is 0 Å².